The third-order valence-electron chi connectivity index (χ3n) is 4.38. The van der Waals surface area contributed by atoms with Crippen molar-refractivity contribution in [3.8, 4) is 11.5 Å². The Morgan fingerprint density at radius 3 is 2.92 bits per heavy atom. The molecular weight excluding hydrogens is 322 g/mol. The molecule has 2 aromatic heterocycles. The van der Waals surface area contributed by atoms with E-state index in [0.717, 1.165) is 28.0 Å². The van der Waals surface area contributed by atoms with Crippen molar-refractivity contribution in [2.75, 3.05) is 6.79 Å². The number of amides is 1. The van der Waals surface area contributed by atoms with Gasteiger partial charge in [0.25, 0.3) is 0 Å². The molecule has 1 N–H and O–H groups in total. The van der Waals surface area contributed by atoms with E-state index in [1.54, 1.807) is 9.36 Å². The SMILES string of the molecule is Cc1nn(C)c2cn([C@H](C)C(=O)NCc3ccc4c(c3)OCO4)nc12. The molecular formula is C17H19N5O3. The number of aromatic nitrogens is 4. The van der Waals surface area contributed by atoms with Crippen molar-refractivity contribution in [1.29, 1.82) is 0 Å². The average Bonchev–Trinajstić information content (AvgIpc) is 3.29. The van der Waals surface area contributed by atoms with E-state index in [1.165, 1.54) is 0 Å². The molecule has 0 saturated carbocycles. The van der Waals surface area contributed by atoms with Crippen molar-refractivity contribution in [2.24, 2.45) is 7.05 Å². The van der Waals surface area contributed by atoms with Crippen LogP contribution in [-0.2, 0) is 18.4 Å². The molecule has 1 atom stereocenters. The van der Waals surface area contributed by atoms with Crippen LogP contribution in [0.2, 0.25) is 0 Å². The van der Waals surface area contributed by atoms with Crippen LogP contribution < -0.4 is 14.8 Å². The summed E-state index contributed by atoms with van der Waals surface area (Å²) in [6, 6.07) is 5.23. The van der Waals surface area contributed by atoms with Crippen LogP contribution in [0.1, 0.15) is 24.2 Å². The number of ether oxygens (including phenoxy) is 2. The number of benzene rings is 1. The van der Waals surface area contributed by atoms with Crippen LogP contribution in [0.4, 0.5) is 0 Å². The van der Waals surface area contributed by atoms with Crippen LogP contribution >= 0.6 is 0 Å². The van der Waals surface area contributed by atoms with Gasteiger partial charge in [0, 0.05) is 13.6 Å². The Kier molecular flexibility index (Phi) is 3.60. The normalized spacial score (nSPS) is 14.0. The number of fused-ring (bicyclic) bond motifs is 2. The first-order valence-corrected chi connectivity index (χ1v) is 8.07. The highest BCUT2D eigenvalue weighted by Crippen LogP contribution is 2.32. The van der Waals surface area contributed by atoms with E-state index in [2.05, 4.69) is 15.5 Å². The maximum absolute atomic E-state index is 12.5. The molecule has 1 aliphatic rings. The van der Waals surface area contributed by atoms with E-state index < -0.39 is 6.04 Å². The minimum absolute atomic E-state index is 0.101. The number of hydrogen-bond acceptors (Lipinski definition) is 5. The topological polar surface area (TPSA) is 83.2 Å². The Bertz CT molecular complexity index is 924. The van der Waals surface area contributed by atoms with Crippen LogP contribution in [0.5, 0.6) is 11.5 Å². The number of nitrogens with one attached hydrogen (secondary N) is 1. The number of carbonyl (C=O) groups excluding carboxylic acids is 1. The third kappa shape index (κ3) is 2.69. The molecule has 0 spiro atoms. The zero-order valence-electron chi connectivity index (χ0n) is 14.3. The molecule has 0 aliphatic carbocycles. The van der Waals surface area contributed by atoms with E-state index in [-0.39, 0.29) is 12.7 Å². The van der Waals surface area contributed by atoms with Crippen LogP contribution in [0.15, 0.2) is 24.4 Å². The summed E-state index contributed by atoms with van der Waals surface area (Å²) in [7, 11) is 1.87. The molecule has 1 aromatic carbocycles. The summed E-state index contributed by atoms with van der Waals surface area (Å²) in [5, 5.41) is 11.7. The minimum atomic E-state index is -0.416. The lowest BCUT2D eigenvalue weighted by Crippen LogP contribution is -2.30. The minimum Gasteiger partial charge on any atom is -0.454 e. The maximum Gasteiger partial charge on any atom is 0.244 e. The quantitative estimate of drug-likeness (QED) is 0.781. The fourth-order valence-corrected chi connectivity index (χ4v) is 2.91. The molecule has 0 unspecified atom stereocenters. The predicted octanol–water partition coefficient (Wildman–Crippen LogP) is 1.68. The Balaban J connectivity index is 1.45. The fourth-order valence-electron chi connectivity index (χ4n) is 2.91. The third-order valence-corrected chi connectivity index (χ3v) is 4.38. The predicted molar refractivity (Wildman–Crippen MR) is 90.4 cm³/mol. The number of carbonyl (C=O) groups is 1. The molecule has 4 rings (SSSR count). The van der Waals surface area contributed by atoms with Gasteiger partial charge >= 0.3 is 0 Å². The standard InChI is InChI=1S/C17H19N5O3/c1-10-16-13(21(3)19-10)8-22(20-16)11(2)17(23)18-7-12-4-5-14-15(6-12)25-9-24-14/h4-6,8,11H,7,9H2,1-3H3,(H,18,23)/t11-/m1/s1. The molecule has 8 nitrogen and oxygen atoms in total. The number of aryl methyl sites for hydroxylation is 2. The summed E-state index contributed by atoms with van der Waals surface area (Å²) in [5.74, 6) is 1.34. The summed E-state index contributed by atoms with van der Waals surface area (Å²) in [6.07, 6.45) is 1.85. The summed E-state index contributed by atoms with van der Waals surface area (Å²) in [4.78, 5) is 12.5. The second kappa shape index (κ2) is 5.80. The smallest absolute Gasteiger partial charge is 0.244 e. The molecule has 0 fully saturated rings. The molecule has 3 aromatic rings. The first-order chi connectivity index (χ1) is 12.0. The lowest BCUT2D eigenvalue weighted by atomic mass is 10.2. The van der Waals surface area contributed by atoms with E-state index >= 15 is 0 Å². The molecule has 0 bridgehead atoms. The van der Waals surface area contributed by atoms with Crippen molar-refractivity contribution >= 4 is 16.9 Å². The lowest BCUT2D eigenvalue weighted by molar-refractivity contribution is -0.124. The summed E-state index contributed by atoms with van der Waals surface area (Å²) >= 11 is 0. The van der Waals surface area contributed by atoms with Gasteiger partial charge in [-0.25, -0.2) is 0 Å². The van der Waals surface area contributed by atoms with Crippen LogP contribution in [0, 0.1) is 6.92 Å². The van der Waals surface area contributed by atoms with Gasteiger partial charge < -0.3 is 14.8 Å². The van der Waals surface area contributed by atoms with Crippen molar-refractivity contribution in [3.05, 3.63) is 35.7 Å². The second-order valence-electron chi connectivity index (χ2n) is 6.13. The van der Waals surface area contributed by atoms with E-state index in [9.17, 15) is 4.79 Å². The van der Waals surface area contributed by atoms with Crippen molar-refractivity contribution in [1.82, 2.24) is 24.9 Å². The van der Waals surface area contributed by atoms with Gasteiger partial charge in [-0.05, 0) is 31.5 Å². The van der Waals surface area contributed by atoms with Crippen molar-refractivity contribution in [3.63, 3.8) is 0 Å². The van der Waals surface area contributed by atoms with E-state index in [4.69, 9.17) is 9.47 Å². The number of nitrogens with zero attached hydrogens (tertiary/aromatic N) is 4. The van der Waals surface area contributed by atoms with Crippen molar-refractivity contribution < 1.29 is 14.3 Å². The fraction of sp³-hybridized carbons (Fsp3) is 0.353. The van der Waals surface area contributed by atoms with Crippen LogP contribution in [0.25, 0.3) is 11.0 Å². The highest BCUT2D eigenvalue weighted by molar-refractivity contribution is 5.81. The summed E-state index contributed by atoms with van der Waals surface area (Å²) < 4.78 is 14.1. The van der Waals surface area contributed by atoms with Gasteiger partial charge in [-0.3, -0.25) is 14.2 Å². The Hall–Kier alpha value is -3.03. The molecule has 8 heteroatoms. The molecule has 3 heterocycles. The van der Waals surface area contributed by atoms with E-state index in [0.29, 0.717) is 12.3 Å². The Morgan fingerprint density at radius 2 is 2.12 bits per heavy atom. The average molecular weight is 341 g/mol. The highest BCUT2D eigenvalue weighted by Gasteiger charge is 2.19. The first kappa shape index (κ1) is 15.5. The van der Waals surface area contributed by atoms with Gasteiger partial charge in [-0.15, -0.1) is 0 Å². The molecule has 0 saturated heterocycles. The van der Waals surface area contributed by atoms with Gasteiger partial charge in [0.1, 0.15) is 17.1 Å². The first-order valence-electron chi connectivity index (χ1n) is 8.07. The summed E-state index contributed by atoms with van der Waals surface area (Å²) in [6.45, 7) is 4.39. The van der Waals surface area contributed by atoms with Gasteiger partial charge in [0.05, 0.1) is 11.9 Å². The van der Waals surface area contributed by atoms with Gasteiger partial charge in [-0.2, -0.15) is 10.2 Å². The Labute approximate surface area is 144 Å². The van der Waals surface area contributed by atoms with Gasteiger partial charge in [0.15, 0.2) is 11.5 Å². The monoisotopic (exact) mass is 341 g/mol. The van der Waals surface area contributed by atoms with Gasteiger partial charge in [-0.1, -0.05) is 6.07 Å². The van der Waals surface area contributed by atoms with Crippen LogP contribution in [-0.4, -0.2) is 32.3 Å². The highest BCUT2D eigenvalue weighted by atomic mass is 16.7. The van der Waals surface area contributed by atoms with Crippen molar-refractivity contribution in [2.45, 2.75) is 26.4 Å². The van der Waals surface area contributed by atoms with Crippen LogP contribution in [0.3, 0.4) is 0 Å². The summed E-state index contributed by atoms with van der Waals surface area (Å²) in [5.41, 5.74) is 3.53. The molecule has 0 radical (unpaired) electrons. The van der Waals surface area contributed by atoms with Gasteiger partial charge in [0.2, 0.25) is 12.7 Å². The molecule has 1 amide bonds. The second-order valence-corrected chi connectivity index (χ2v) is 6.13. The zero-order valence-corrected chi connectivity index (χ0v) is 14.3. The zero-order chi connectivity index (χ0) is 17.6. The maximum atomic E-state index is 12.5. The largest absolute Gasteiger partial charge is 0.454 e. The molecule has 1 aliphatic heterocycles. The Morgan fingerprint density at radius 1 is 1.32 bits per heavy atom. The molecule has 130 valence electrons. The number of rotatable bonds is 4. The van der Waals surface area contributed by atoms with E-state index in [1.807, 2.05) is 45.3 Å². The molecule has 25 heavy (non-hydrogen) atoms. The number of hydrogen-bond donors (Lipinski definition) is 1. The lowest BCUT2D eigenvalue weighted by Gasteiger charge is -2.13.